The van der Waals surface area contributed by atoms with Gasteiger partial charge in [-0.15, -0.1) is 0 Å². The van der Waals surface area contributed by atoms with Crippen LogP contribution in [0.1, 0.15) is 29.2 Å². The molecule has 1 heterocycles. The summed E-state index contributed by atoms with van der Waals surface area (Å²) in [5, 5.41) is 9.85. The molecule has 1 aliphatic rings. The molecule has 1 aromatic rings. The van der Waals surface area contributed by atoms with Gasteiger partial charge in [0.2, 0.25) is 0 Å². The highest BCUT2D eigenvalue weighted by molar-refractivity contribution is 7.98. The van der Waals surface area contributed by atoms with Crippen LogP contribution in [0.4, 0.5) is 0 Å². The molecule has 1 atom stereocenters. The fourth-order valence-corrected chi connectivity index (χ4v) is 2.89. The largest absolute Gasteiger partial charge is 0.388 e. The van der Waals surface area contributed by atoms with Crippen molar-refractivity contribution < 1.29 is 5.11 Å². The molecule has 13 heavy (non-hydrogen) atoms. The zero-order valence-corrected chi connectivity index (χ0v) is 8.60. The minimum Gasteiger partial charge on any atom is -0.388 e. The third-order valence-electron chi connectivity index (χ3n) is 2.59. The Morgan fingerprint density at radius 3 is 3.15 bits per heavy atom. The molecule has 1 N–H and O–H groups in total. The molecule has 0 unspecified atom stereocenters. The lowest BCUT2D eigenvalue weighted by Gasteiger charge is -2.12. The number of aliphatic hydroxyl groups is 1. The molecular formula is C11H14OS. The van der Waals surface area contributed by atoms with Crippen LogP contribution in [0.15, 0.2) is 18.2 Å². The van der Waals surface area contributed by atoms with E-state index in [0.717, 1.165) is 23.5 Å². The Balaban J connectivity index is 2.47. The minimum absolute atomic E-state index is 0.245. The number of hydrogen-bond acceptors (Lipinski definition) is 2. The highest BCUT2D eigenvalue weighted by Gasteiger charge is 2.16. The highest BCUT2D eigenvalue weighted by Crippen LogP contribution is 2.31. The minimum atomic E-state index is -0.245. The van der Waals surface area contributed by atoms with Gasteiger partial charge in [0, 0.05) is 5.75 Å². The molecule has 70 valence electrons. The van der Waals surface area contributed by atoms with Gasteiger partial charge < -0.3 is 5.11 Å². The predicted molar refractivity (Wildman–Crippen MR) is 56.9 cm³/mol. The smallest absolute Gasteiger partial charge is 0.0801 e. The maximum absolute atomic E-state index is 9.85. The zero-order valence-electron chi connectivity index (χ0n) is 7.79. The summed E-state index contributed by atoms with van der Waals surface area (Å²) in [5.74, 6) is 2.12. The summed E-state index contributed by atoms with van der Waals surface area (Å²) in [5.41, 5.74) is 3.80. The monoisotopic (exact) mass is 194 g/mol. The number of aliphatic hydroxyl groups excluding tert-OH is 1. The second kappa shape index (κ2) is 3.72. The Morgan fingerprint density at radius 1 is 1.46 bits per heavy atom. The second-order valence-electron chi connectivity index (χ2n) is 3.50. The molecule has 0 fully saturated rings. The molecule has 2 heteroatoms. The third-order valence-corrected chi connectivity index (χ3v) is 3.60. The number of aryl methyl sites for hydroxylation is 1. The lowest BCUT2D eigenvalue weighted by atomic mass is 9.98. The summed E-state index contributed by atoms with van der Waals surface area (Å²) < 4.78 is 0. The Hall–Kier alpha value is -0.470. The number of rotatable bonds is 0. The Labute approximate surface area is 83.2 Å². The number of benzene rings is 1. The standard InChI is InChI=1S/C11H14OS/c1-8-3-2-4-9-10(8)7-13-6-5-11(9)12/h2-4,11-12H,5-7H2,1H3/t11-/m0/s1. The van der Waals surface area contributed by atoms with Crippen molar-refractivity contribution in [1.29, 1.82) is 0 Å². The van der Waals surface area contributed by atoms with Gasteiger partial charge in [-0.1, -0.05) is 18.2 Å². The van der Waals surface area contributed by atoms with Gasteiger partial charge in [0.1, 0.15) is 0 Å². The van der Waals surface area contributed by atoms with Crippen LogP contribution in [0.3, 0.4) is 0 Å². The molecule has 0 aromatic heterocycles. The maximum Gasteiger partial charge on any atom is 0.0801 e. The van der Waals surface area contributed by atoms with Gasteiger partial charge in [-0.25, -0.2) is 0 Å². The summed E-state index contributed by atoms with van der Waals surface area (Å²) in [6.45, 7) is 2.12. The van der Waals surface area contributed by atoms with E-state index in [1.807, 2.05) is 17.8 Å². The lowest BCUT2D eigenvalue weighted by Crippen LogP contribution is -2.00. The number of fused-ring (bicyclic) bond motifs is 1. The molecule has 1 aromatic carbocycles. The number of hydrogen-bond donors (Lipinski definition) is 1. The van der Waals surface area contributed by atoms with E-state index in [1.165, 1.54) is 11.1 Å². The van der Waals surface area contributed by atoms with E-state index in [1.54, 1.807) is 0 Å². The molecule has 0 saturated heterocycles. The van der Waals surface area contributed by atoms with Crippen molar-refractivity contribution in [2.75, 3.05) is 5.75 Å². The molecule has 1 nitrogen and oxygen atoms in total. The van der Waals surface area contributed by atoms with Gasteiger partial charge in [-0.2, -0.15) is 11.8 Å². The first kappa shape index (κ1) is 9.10. The van der Waals surface area contributed by atoms with Crippen LogP contribution < -0.4 is 0 Å². The fraction of sp³-hybridized carbons (Fsp3) is 0.455. The van der Waals surface area contributed by atoms with Crippen molar-refractivity contribution in [1.82, 2.24) is 0 Å². The third kappa shape index (κ3) is 1.74. The summed E-state index contributed by atoms with van der Waals surface area (Å²) in [6.07, 6.45) is 0.645. The van der Waals surface area contributed by atoms with Crippen LogP contribution in [-0.4, -0.2) is 10.9 Å². The SMILES string of the molecule is Cc1cccc2c1CSCC[C@@H]2O. The molecule has 0 aliphatic carbocycles. The summed E-state index contributed by atoms with van der Waals surface area (Å²) >= 11 is 1.92. The van der Waals surface area contributed by atoms with Gasteiger partial charge in [0.15, 0.2) is 0 Å². The first-order chi connectivity index (χ1) is 6.29. The first-order valence-electron chi connectivity index (χ1n) is 4.63. The average molecular weight is 194 g/mol. The second-order valence-corrected chi connectivity index (χ2v) is 4.60. The summed E-state index contributed by atoms with van der Waals surface area (Å²) in [4.78, 5) is 0. The van der Waals surface area contributed by atoms with Crippen LogP contribution in [0.2, 0.25) is 0 Å². The van der Waals surface area contributed by atoms with E-state index in [0.29, 0.717) is 0 Å². The molecule has 0 saturated carbocycles. The topological polar surface area (TPSA) is 20.2 Å². The van der Waals surface area contributed by atoms with Crippen LogP contribution in [0, 0.1) is 6.92 Å². The van der Waals surface area contributed by atoms with E-state index < -0.39 is 0 Å². The van der Waals surface area contributed by atoms with E-state index in [2.05, 4.69) is 19.1 Å². The summed E-state index contributed by atoms with van der Waals surface area (Å²) in [6, 6.07) is 6.21. The van der Waals surface area contributed by atoms with Crippen molar-refractivity contribution >= 4 is 11.8 Å². The number of thioether (sulfide) groups is 1. The molecule has 0 bridgehead atoms. The molecule has 0 spiro atoms. The Morgan fingerprint density at radius 2 is 2.31 bits per heavy atom. The van der Waals surface area contributed by atoms with Gasteiger partial charge in [-0.3, -0.25) is 0 Å². The van der Waals surface area contributed by atoms with Crippen molar-refractivity contribution in [3.8, 4) is 0 Å². The first-order valence-corrected chi connectivity index (χ1v) is 5.78. The van der Waals surface area contributed by atoms with E-state index in [-0.39, 0.29) is 6.10 Å². The van der Waals surface area contributed by atoms with Crippen molar-refractivity contribution in [2.24, 2.45) is 0 Å². The molecule has 1 aliphatic heterocycles. The predicted octanol–water partition coefficient (Wildman–Crippen LogP) is 2.67. The molecule has 0 radical (unpaired) electrons. The van der Waals surface area contributed by atoms with Gasteiger partial charge in [0.05, 0.1) is 6.10 Å². The molecular weight excluding hydrogens is 180 g/mol. The van der Waals surface area contributed by atoms with Crippen LogP contribution in [0.25, 0.3) is 0 Å². The highest BCUT2D eigenvalue weighted by atomic mass is 32.2. The fourth-order valence-electron chi connectivity index (χ4n) is 1.76. The van der Waals surface area contributed by atoms with E-state index in [9.17, 15) is 5.11 Å². The van der Waals surface area contributed by atoms with Gasteiger partial charge in [0.25, 0.3) is 0 Å². The van der Waals surface area contributed by atoms with E-state index >= 15 is 0 Å². The van der Waals surface area contributed by atoms with Crippen LogP contribution in [-0.2, 0) is 5.75 Å². The average Bonchev–Trinajstić information content (AvgIpc) is 2.30. The van der Waals surface area contributed by atoms with Crippen molar-refractivity contribution in [3.05, 3.63) is 34.9 Å². The van der Waals surface area contributed by atoms with Crippen molar-refractivity contribution in [2.45, 2.75) is 25.2 Å². The lowest BCUT2D eigenvalue weighted by molar-refractivity contribution is 0.175. The molecule has 2 rings (SSSR count). The molecule has 0 amide bonds. The van der Waals surface area contributed by atoms with E-state index in [4.69, 9.17) is 0 Å². The maximum atomic E-state index is 9.85. The Kier molecular flexibility index (Phi) is 2.61. The van der Waals surface area contributed by atoms with Crippen LogP contribution >= 0.6 is 11.8 Å². The van der Waals surface area contributed by atoms with Crippen molar-refractivity contribution in [3.63, 3.8) is 0 Å². The zero-order chi connectivity index (χ0) is 9.26. The quantitative estimate of drug-likeness (QED) is 0.685. The normalized spacial score (nSPS) is 22.2. The Bertz CT molecular complexity index is 309. The van der Waals surface area contributed by atoms with Gasteiger partial charge in [-0.05, 0) is 35.8 Å². The summed E-state index contributed by atoms with van der Waals surface area (Å²) in [7, 11) is 0. The van der Waals surface area contributed by atoms with Gasteiger partial charge >= 0.3 is 0 Å². The van der Waals surface area contributed by atoms with Crippen LogP contribution in [0.5, 0.6) is 0 Å².